The van der Waals surface area contributed by atoms with Crippen LogP contribution < -0.4 is 0 Å². The van der Waals surface area contributed by atoms with E-state index in [1.165, 1.54) is 80.8 Å². The number of nitrogens with one attached hydrogen (secondary N) is 1. The third kappa shape index (κ3) is 5.32. The third-order valence-corrected chi connectivity index (χ3v) is 5.22. The SMILES string of the molecule is CCCCCCCCCCCCc1cc2[nH]ccc2s1. The van der Waals surface area contributed by atoms with Gasteiger partial charge in [0.15, 0.2) is 0 Å². The predicted octanol–water partition coefficient (Wildman–Crippen LogP) is 6.69. The van der Waals surface area contributed by atoms with E-state index in [1.54, 1.807) is 4.88 Å². The highest BCUT2D eigenvalue weighted by molar-refractivity contribution is 7.19. The van der Waals surface area contributed by atoms with Crippen LogP contribution in [-0.4, -0.2) is 4.98 Å². The van der Waals surface area contributed by atoms with Crippen molar-refractivity contribution in [1.82, 2.24) is 4.98 Å². The van der Waals surface area contributed by atoms with Gasteiger partial charge in [-0.3, -0.25) is 0 Å². The Morgan fingerprint density at radius 1 is 0.900 bits per heavy atom. The van der Waals surface area contributed by atoms with E-state index >= 15 is 0 Å². The van der Waals surface area contributed by atoms with Gasteiger partial charge in [-0.25, -0.2) is 0 Å². The van der Waals surface area contributed by atoms with Crippen LogP contribution in [0.25, 0.3) is 10.2 Å². The zero-order valence-electron chi connectivity index (χ0n) is 12.9. The first-order valence-corrected chi connectivity index (χ1v) is 9.27. The molecule has 0 atom stereocenters. The van der Waals surface area contributed by atoms with Crippen molar-refractivity contribution in [2.75, 3.05) is 0 Å². The van der Waals surface area contributed by atoms with E-state index in [1.807, 2.05) is 17.5 Å². The Balaban J connectivity index is 1.45. The van der Waals surface area contributed by atoms with Gasteiger partial charge in [-0.15, -0.1) is 11.3 Å². The maximum absolute atomic E-state index is 3.29. The molecule has 0 bridgehead atoms. The molecule has 1 nitrogen and oxygen atoms in total. The van der Waals surface area contributed by atoms with Crippen molar-refractivity contribution >= 4 is 21.6 Å². The van der Waals surface area contributed by atoms with Gasteiger partial charge in [0.1, 0.15) is 0 Å². The van der Waals surface area contributed by atoms with Crippen molar-refractivity contribution in [2.24, 2.45) is 0 Å². The summed E-state index contributed by atoms with van der Waals surface area (Å²) in [5.74, 6) is 0. The third-order valence-electron chi connectivity index (χ3n) is 4.06. The molecule has 0 saturated carbocycles. The highest BCUT2D eigenvalue weighted by atomic mass is 32.1. The van der Waals surface area contributed by atoms with Crippen molar-refractivity contribution in [1.29, 1.82) is 0 Å². The van der Waals surface area contributed by atoms with Gasteiger partial charge in [-0.05, 0) is 25.0 Å². The minimum Gasteiger partial charge on any atom is -0.360 e. The maximum atomic E-state index is 3.29. The molecular weight excluding hydrogens is 262 g/mol. The van der Waals surface area contributed by atoms with Crippen LogP contribution in [0.5, 0.6) is 0 Å². The number of fused-ring (bicyclic) bond motifs is 1. The van der Waals surface area contributed by atoms with Crippen LogP contribution in [0.4, 0.5) is 0 Å². The quantitative estimate of drug-likeness (QED) is 0.444. The Morgan fingerprint density at radius 2 is 1.55 bits per heavy atom. The van der Waals surface area contributed by atoms with Crippen LogP contribution in [-0.2, 0) is 6.42 Å². The zero-order chi connectivity index (χ0) is 14.0. The van der Waals surface area contributed by atoms with Gasteiger partial charge < -0.3 is 4.98 Å². The molecule has 2 aromatic heterocycles. The molecule has 2 heterocycles. The second-order valence-electron chi connectivity index (χ2n) is 5.90. The van der Waals surface area contributed by atoms with Crippen LogP contribution in [0.1, 0.15) is 76.0 Å². The number of rotatable bonds is 11. The topological polar surface area (TPSA) is 15.8 Å². The van der Waals surface area contributed by atoms with E-state index in [2.05, 4.69) is 24.0 Å². The smallest absolute Gasteiger partial charge is 0.0566 e. The molecular formula is C18H29NS. The second kappa shape index (κ2) is 9.23. The van der Waals surface area contributed by atoms with Gasteiger partial charge in [0.25, 0.3) is 0 Å². The summed E-state index contributed by atoms with van der Waals surface area (Å²) in [5.41, 5.74) is 1.32. The molecule has 2 heteroatoms. The van der Waals surface area contributed by atoms with Crippen LogP contribution >= 0.6 is 11.3 Å². The fourth-order valence-electron chi connectivity index (χ4n) is 2.81. The molecule has 0 unspecified atom stereocenters. The largest absolute Gasteiger partial charge is 0.360 e. The molecule has 0 amide bonds. The molecule has 2 aromatic rings. The lowest BCUT2D eigenvalue weighted by Crippen LogP contribution is -1.84. The predicted molar refractivity (Wildman–Crippen MR) is 91.7 cm³/mol. The van der Waals surface area contributed by atoms with Crippen molar-refractivity contribution in [3.63, 3.8) is 0 Å². The Bertz CT molecular complexity index is 440. The summed E-state index contributed by atoms with van der Waals surface area (Å²) in [6, 6.07) is 4.51. The summed E-state index contributed by atoms with van der Waals surface area (Å²) in [6.45, 7) is 2.29. The molecule has 0 aliphatic heterocycles. The summed E-state index contributed by atoms with van der Waals surface area (Å²) in [4.78, 5) is 4.84. The number of aryl methyl sites for hydroxylation is 1. The molecule has 0 radical (unpaired) electrons. The summed E-state index contributed by atoms with van der Waals surface area (Å²) in [6.07, 6.45) is 17.5. The molecule has 0 saturated heterocycles. The summed E-state index contributed by atoms with van der Waals surface area (Å²) in [7, 11) is 0. The van der Waals surface area contributed by atoms with E-state index in [4.69, 9.17) is 0 Å². The van der Waals surface area contributed by atoms with Gasteiger partial charge in [-0.2, -0.15) is 0 Å². The van der Waals surface area contributed by atoms with E-state index in [-0.39, 0.29) is 0 Å². The number of thiophene rings is 1. The van der Waals surface area contributed by atoms with Crippen molar-refractivity contribution in [3.8, 4) is 0 Å². The average Bonchev–Trinajstić information content (AvgIpc) is 3.02. The number of hydrogen-bond acceptors (Lipinski definition) is 1. The first-order chi connectivity index (χ1) is 9.90. The summed E-state index contributed by atoms with van der Waals surface area (Å²) < 4.78 is 1.41. The molecule has 1 N–H and O–H groups in total. The molecule has 20 heavy (non-hydrogen) atoms. The molecule has 2 rings (SSSR count). The Hall–Kier alpha value is -0.760. The van der Waals surface area contributed by atoms with E-state index < -0.39 is 0 Å². The fraction of sp³-hybridized carbons (Fsp3) is 0.667. The number of hydrogen-bond donors (Lipinski definition) is 1. The highest BCUT2D eigenvalue weighted by Crippen LogP contribution is 2.25. The number of aromatic amines is 1. The summed E-state index contributed by atoms with van der Waals surface area (Å²) in [5, 5.41) is 0. The van der Waals surface area contributed by atoms with Crippen molar-refractivity contribution < 1.29 is 0 Å². The van der Waals surface area contributed by atoms with Crippen LogP contribution in [0, 0.1) is 0 Å². The minimum absolute atomic E-state index is 1.27. The van der Waals surface area contributed by atoms with Crippen LogP contribution in [0.3, 0.4) is 0 Å². The second-order valence-corrected chi connectivity index (χ2v) is 7.07. The van der Waals surface area contributed by atoms with E-state index in [9.17, 15) is 0 Å². The van der Waals surface area contributed by atoms with Gasteiger partial charge in [0.05, 0.1) is 10.2 Å². The number of unbranched alkanes of at least 4 members (excludes halogenated alkanes) is 9. The highest BCUT2D eigenvalue weighted by Gasteiger charge is 2.02. The standard InChI is InChI=1S/C18H29NS/c1-2-3-4-5-6-7-8-9-10-11-12-16-15-17-18(20-16)13-14-19-17/h13-15,19H,2-12H2,1H3. The lowest BCUT2D eigenvalue weighted by Gasteiger charge is -2.01. The Morgan fingerprint density at radius 3 is 2.20 bits per heavy atom. The molecule has 0 aliphatic rings. The summed E-state index contributed by atoms with van der Waals surface area (Å²) >= 11 is 1.95. The van der Waals surface area contributed by atoms with Gasteiger partial charge >= 0.3 is 0 Å². The van der Waals surface area contributed by atoms with Crippen LogP contribution in [0.15, 0.2) is 18.3 Å². The molecule has 0 aromatic carbocycles. The first kappa shape index (κ1) is 15.6. The number of aromatic nitrogens is 1. The van der Waals surface area contributed by atoms with E-state index in [0.717, 1.165) is 0 Å². The normalized spacial score (nSPS) is 11.4. The average molecular weight is 292 g/mol. The minimum atomic E-state index is 1.27. The van der Waals surface area contributed by atoms with Crippen molar-refractivity contribution in [2.45, 2.75) is 77.6 Å². The van der Waals surface area contributed by atoms with Crippen molar-refractivity contribution in [3.05, 3.63) is 23.2 Å². The Kier molecular flexibility index (Phi) is 7.21. The molecule has 0 spiro atoms. The lowest BCUT2D eigenvalue weighted by atomic mass is 10.1. The van der Waals surface area contributed by atoms with Gasteiger partial charge in [0, 0.05) is 11.1 Å². The fourth-order valence-corrected chi connectivity index (χ4v) is 3.88. The first-order valence-electron chi connectivity index (χ1n) is 8.46. The van der Waals surface area contributed by atoms with Crippen LogP contribution in [0.2, 0.25) is 0 Å². The maximum Gasteiger partial charge on any atom is 0.0566 e. The molecule has 112 valence electrons. The number of H-pyrrole nitrogens is 1. The Labute approximate surface area is 127 Å². The van der Waals surface area contributed by atoms with Gasteiger partial charge in [-0.1, -0.05) is 64.7 Å². The zero-order valence-corrected chi connectivity index (χ0v) is 13.7. The molecule has 0 fully saturated rings. The monoisotopic (exact) mass is 291 g/mol. The van der Waals surface area contributed by atoms with E-state index in [0.29, 0.717) is 0 Å². The van der Waals surface area contributed by atoms with Gasteiger partial charge in [0.2, 0.25) is 0 Å². The molecule has 0 aliphatic carbocycles. The lowest BCUT2D eigenvalue weighted by molar-refractivity contribution is 0.557.